The third-order valence-corrected chi connectivity index (χ3v) is 8.90. The summed E-state index contributed by atoms with van der Waals surface area (Å²) in [4.78, 5) is 26.0. The molecular formula is C31H31F2N5O5S. The molecule has 13 heteroatoms. The molecule has 0 amide bonds. The third-order valence-electron chi connectivity index (χ3n) is 7.28. The number of hydrogen-bond donors (Lipinski definition) is 1. The first-order valence-electron chi connectivity index (χ1n) is 13.9. The van der Waals surface area contributed by atoms with Gasteiger partial charge in [-0.3, -0.25) is 4.79 Å². The van der Waals surface area contributed by atoms with Gasteiger partial charge < -0.3 is 19.8 Å². The largest absolute Gasteiger partial charge is 0.490 e. The minimum absolute atomic E-state index is 0.0420. The molecule has 1 aliphatic rings. The van der Waals surface area contributed by atoms with E-state index in [4.69, 9.17) is 9.57 Å². The van der Waals surface area contributed by atoms with E-state index >= 15 is 0 Å². The van der Waals surface area contributed by atoms with Gasteiger partial charge in [-0.1, -0.05) is 10.5 Å². The zero-order valence-electron chi connectivity index (χ0n) is 24.1. The molecule has 10 nitrogen and oxygen atoms in total. The molecule has 1 fully saturated rings. The summed E-state index contributed by atoms with van der Waals surface area (Å²) in [6, 6.07) is 15.7. The Labute approximate surface area is 254 Å². The fourth-order valence-electron chi connectivity index (χ4n) is 4.81. The van der Waals surface area contributed by atoms with E-state index in [9.17, 15) is 22.0 Å². The van der Waals surface area contributed by atoms with Crippen molar-refractivity contribution < 1.29 is 31.6 Å². The predicted molar refractivity (Wildman–Crippen MR) is 161 cm³/mol. The van der Waals surface area contributed by atoms with Crippen LogP contribution < -0.4 is 14.5 Å². The molecule has 1 N–H and O–H groups in total. The van der Waals surface area contributed by atoms with Crippen molar-refractivity contribution >= 4 is 33.7 Å². The molecule has 1 aliphatic heterocycles. The van der Waals surface area contributed by atoms with E-state index in [1.165, 1.54) is 42.7 Å². The van der Waals surface area contributed by atoms with E-state index in [1.807, 2.05) is 0 Å². The second-order valence-electron chi connectivity index (χ2n) is 10.5. The highest BCUT2D eigenvalue weighted by Crippen LogP contribution is 2.30. The summed E-state index contributed by atoms with van der Waals surface area (Å²) >= 11 is 0. The summed E-state index contributed by atoms with van der Waals surface area (Å²) in [5.74, 6) is -0.476. The smallest absolute Gasteiger partial charge is 0.322 e. The fourth-order valence-corrected chi connectivity index (χ4v) is 6.08. The van der Waals surface area contributed by atoms with Gasteiger partial charge in [-0.05, 0) is 106 Å². The molecule has 2 heterocycles. The molecule has 1 saturated heterocycles. The number of halogens is 2. The molecule has 0 radical (unpaired) electrons. The molecule has 0 unspecified atom stereocenters. The molecule has 5 rings (SSSR count). The van der Waals surface area contributed by atoms with Crippen LogP contribution in [0, 0.1) is 24.5 Å². The van der Waals surface area contributed by atoms with E-state index in [1.54, 1.807) is 25.1 Å². The SMILES string of the molecule is Cc1ccc(S(=O)(=O)N(OC=O)c2ccc(Nc3cc(-c4ccc(OCC5CCN(C)CC5)c(F)c4)ncn3)cc2)c(F)c1. The highest BCUT2D eigenvalue weighted by Gasteiger charge is 2.30. The van der Waals surface area contributed by atoms with Crippen LogP contribution in [0.15, 0.2) is 78.0 Å². The Bertz CT molecular complexity index is 1730. The highest BCUT2D eigenvalue weighted by atomic mass is 32.2. The standard InChI is InChI=1S/C31H31F2N5O5S/c1-21-3-10-30(27(33)15-21)44(40,41)38(43-20-39)25-7-5-24(6-8-25)36-31-17-28(34-19-35-31)23-4-9-29(26(32)16-23)42-18-22-11-13-37(2)14-12-22/h3-10,15-17,19-20,22H,11-14,18H2,1-2H3,(H,34,35,36). The number of nitrogens with one attached hydrogen (secondary N) is 1. The number of aromatic nitrogens is 2. The summed E-state index contributed by atoms with van der Waals surface area (Å²) in [6.07, 6.45) is 3.37. The lowest BCUT2D eigenvalue weighted by molar-refractivity contribution is -0.128. The molecule has 0 atom stereocenters. The van der Waals surface area contributed by atoms with Crippen molar-refractivity contribution in [3.63, 3.8) is 0 Å². The number of sulfonamides is 1. The van der Waals surface area contributed by atoms with Gasteiger partial charge in [0, 0.05) is 17.3 Å². The predicted octanol–water partition coefficient (Wildman–Crippen LogP) is 5.48. The van der Waals surface area contributed by atoms with Gasteiger partial charge in [-0.2, -0.15) is 8.42 Å². The van der Waals surface area contributed by atoms with E-state index in [2.05, 4.69) is 27.2 Å². The minimum Gasteiger partial charge on any atom is -0.490 e. The third kappa shape index (κ3) is 7.12. The number of nitrogens with zero attached hydrogens (tertiary/aromatic N) is 4. The lowest BCUT2D eigenvalue weighted by Gasteiger charge is -2.28. The van der Waals surface area contributed by atoms with Gasteiger partial charge in [-0.25, -0.2) is 18.7 Å². The molecule has 0 spiro atoms. The number of aryl methyl sites for hydroxylation is 1. The first-order valence-corrected chi connectivity index (χ1v) is 15.3. The van der Waals surface area contributed by atoms with E-state index in [0.29, 0.717) is 45.3 Å². The minimum atomic E-state index is -4.57. The second kappa shape index (κ2) is 13.3. The Morgan fingerprint density at radius 2 is 1.75 bits per heavy atom. The summed E-state index contributed by atoms with van der Waals surface area (Å²) < 4.78 is 61.7. The number of anilines is 3. The lowest BCUT2D eigenvalue weighted by atomic mass is 9.98. The lowest BCUT2D eigenvalue weighted by Crippen LogP contribution is -2.32. The molecule has 230 valence electrons. The number of ether oxygens (including phenoxy) is 1. The topological polar surface area (TPSA) is 114 Å². The van der Waals surface area contributed by atoms with Crippen molar-refractivity contribution in [2.45, 2.75) is 24.7 Å². The van der Waals surface area contributed by atoms with Gasteiger partial charge in [0.2, 0.25) is 0 Å². The van der Waals surface area contributed by atoms with Gasteiger partial charge in [0.05, 0.1) is 18.0 Å². The monoisotopic (exact) mass is 623 g/mol. The molecular weight excluding hydrogens is 592 g/mol. The van der Waals surface area contributed by atoms with Gasteiger partial charge in [0.1, 0.15) is 22.9 Å². The Kier molecular flexibility index (Phi) is 9.35. The maximum Gasteiger partial charge on any atom is 0.322 e. The molecule has 0 aliphatic carbocycles. The van der Waals surface area contributed by atoms with Crippen LogP contribution in [0.3, 0.4) is 0 Å². The average Bonchev–Trinajstić information content (AvgIpc) is 3.00. The summed E-state index contributed by atoms with van der Waals surface area (Å²) in [5.41, 5.74) is 2.00. The van der Waals surface area contributed by atoms with Crippen LogP contribution in [0.5, 0.6) is 5.75 Å². The van der Waals surface area contributed by atoms with E-state index in [-0.39, 0.29) is 17.9 Å². The van der Waals surface area contributed by atoms with Crippen molar-refractivity contribution in [3.05, 3.63) is 90.3 Å². The molecule has 3 aromatic carbocycles. The second-order valence-corrected chi connectivity index (χ2v) is 12.3. The van der Waals surface area contributed by atoms with Crippen LogP contribution in [-0.2, 0) is 19.7 Å². The summed E-state index contributed by atoms with van der Waals surface area (Å²) in [6.45, 7) is 4.04. The maximum absolute atomic E-state index is 14.9. The number of hydrogen-bond acceptors (Lipinski definition) is 9. The van der Waals surface area contributed by atoms with Crippen LogP contribution in [0.2, 0.25) is 0 Å². The van der Waals surface area contributed by atoms with Crippen molar-refractivity contribution in [3.8, 4) is 17.0 Å². The van der Waals surface area contributed by atoms with E-state index in [0.717, 1.165) is 38.1 Å². The van der Waals surface area contributed by atoms with Gasteiger partial charge in [0.25, 0.3) is 10.0 Å². The molecule has 0 saturated carbocycles. The number of benzene rings is 3. The van der Waals surface area contributed by atoms with Crippen LogP contribution in [0.1, 0.15) is 18.4 Å². The van der Waals surface area contributed by atoms with Crippen molar-refractivity contribution in [2.75, 3.05) is 36.5 Å². The fraction of sp³-hybridized carbons (Fsp3) is 0.258. The van der Waals surface area contributed by atoms with Gasteiger partial charge in [0.15, 0.2) is 11.6 Å². The quantitative estimate of drug-likeness (QED) is 0.171. The maximum atomic E-state index is 14.9. The number of rotatable bonds is 11. The Balaban J connectivity index is 1.28. The van der Waals surface area contributed by atoms with Crippen molar-refractivity contribution in [1.82, 2.24) is 14.9 Å². The zero-order chi connectivity index (χ0) is 31.3. The molecule has 1 aromatic heterocycles. The molecule has 44 heavy (non-hydrogen) atoms. The van der Waals surface area contributed by atoms with Crippen LogP contribution in [-0.4, -0.2) is 56.5 Å². The van der Waals surface area contributed by atoms with E-state index < -0.39 is 26.6 Å². The van der Waals surface area contributed by atoms with Crippen LogP contribution >= 0.6 is 0 Å². The van der Waals surface area contributed by atoms with Gasteiger partial charge in [-0.15, -0.1) is 0 Å². The molecule has 4 aromatic rings. The summed E-state index contributed by atoms with van der Waals surface area (Å²) in [5, 5.41) is 3.07. The Hall–Kier alpha value is -4.62. The first kappa shape index (κ1) is 30.8. The summed E-state index contributed by atoms with van der Waals surface area (Å²) in [7, 11) is -2.48. The first-order chi connectivity index (χ1) is 21.1. The number of carbonyl (C=O) groups is 1. The average molecular weight is 624 g/mol. The number of carbonyl (C=O) groups excluding carboxylic acids is 1. The van der Waals surface area contributed by atoms with Crippen LogP contribution in [0.4, 0.5) is 26.0 Å². The Morgan fingerprint density at radius 1 is 1.00 bits per heavy atom. The molecule has 0 bridgehead atoms. The highest BCUT2D eigenvalue weighted by molar-refractivity contribution is 7.92. The number of piperidine rings is 1. The van der Waals surface area contributed by atoms with Crippen molar-refractivity contribution in [2.24, 2.45) is 5.92 Å². The Morgan fingerprint density at radius 3 is 2.43 bits per heavy atom. The number of likely N-dealkylation sites (tertiary alicyclic amines) is 1. The van der Waals surface area contributed by atoms with Crippen molar-refractivity contribution in [1.29, 1.82) is 0 Å². The normalized spacial score (nSPS) is 14.2. The van der Waals surface area contributed by atoms with Crippen LogP contribution in [0.25, 0.3) is 11.3 Å². The zero-order valence-corrected chi connectivity index (χ0v) is 24.9. The van der Waals surface area contributed by atoms with Gasteiger partial charge >= 0.3 is 6.47 Å².